The van der Waals surface area contributed by atoms with Gasteiger partial charge in [0.2, 0.25) is 0 Å². The molecule has 1 atom stereocenters. The minimum absolute atomic E-state index is 0.285. The second kappa shape index (κ2) is 39.1. The van der Waals surface area contributed by atoms with Crippen LogP contribution in [0, 0.1) is 0 Å². The van der Waals surface area contributed by atoms with E-state index in [4.69, 9.17) is 0 Å². The highest BCUT2D eigenvalue weighted by molar-refractivity contribution is 5.01. The molecule has 1 aliphatic heterocycles. The maximum Gasteiger partial charge on any atom is 0.0363 e. The van der Waals surface area contributed by atoms with Crippen molar-refractivity contribution in [3.8, 4) is 0 Å². The molecule has 312 valence electrons. The second-order valence-electron chi connectivity index (χ2n) is 17.3. The highest BCUT2D eigenvalue weighted by Crippen LogP contribution is 2.36. The van der Waals surface area contributed by atoms with Gasteiger partial charge in [-0.1, -0.05) is 227 Å². The third kappa shape index (κ3) is 27.4. The van der Waals surface area contributed by atoms with Crippen LogP contribution in [0.5, 0.6) is 0 Å². The van der Waals surface area contributed by atoms with Crippen molar-refractivity contribution in [3.63, 3.8) is 0 Å². The fourth-order valence-electron chi connectivity index (χ4n) is 9.15. The maximum atomic E-state index is 4.33. The lowest BCUT2D eigenvalue weighted by Crippen LogP contribution is -2.63. The zero-order chi connectivity index (χ0) is 37.5. The summed E-state index contributed by atoms with van der Waals surface area (Å²) in [5.74, 6) is 0. The molecule has 0 saturated carbocycles. The zero-order valence-electron chi connectivity index (χ0n) is 36.7. The Bertz CT molecular complexity index is 627. The molecular formula is C48H100N4. The van der Waals surface area contributed by atoms with Gasteiger partial charge >= 0.3 is 0 Å². The predicted octanol–water partition coefficient (Wildman–Crippen LogP) is 13.9. The summed E-state index contributed by atoms with van der Waals surface area (Å²) in [6, 6.07) is 0.608. The average molecular weight is 733 g/mol. The van der Waals surface area contributed by atoms with Crippen LogP contribution in [0.4, 0.5) is 0 Å². The van der Waals surface area contributed by atoms with Gasteiger partial charge < -0.3 is 16.0 Å². The fraction of sp³-hybridized carbons (Fsp3) is 1.00. The van der Waals surface area contributed by atoms with Crippen LogP contribution in [-0.2, 0) is 0 Å². The summed E-state index contributed by atoms with van der Waals surface area (Å²) in [5, 5.41) is 12.0. The number of rotatable bonds is 36. The van der Waals surface area contributed by atoms with Gasteiger partial charge in [0, 0.05) is 50.8 Å². The maximum absolute atomic E-state index is 4.33. The number of nitrogens with zero attached hydrogens (tertiary/aromatic N) is 1. The summed E-state index contributed by atoms with van der Waals surface area (Å²) in [6.45, 7) is 17.4. The van der Waals surface area contributed by atoms with Gasteiger partial charge in [-0.2, -0.15) is 0 Å². The van der Waals surface area contributed by atoms with Crippen molar-refractivity contribution in [3.05, 3.63) is 0 Å². The third-order valence-corrected chi connectivity index (χ3v) is 12.6. The first-order valence-corrected chi connectivity index (χ1v) is 24.6. The summed E-state index contributed by atoms with van der Waals surface area (Å²) in [5.41, 5.74) is 0.285. The standard InChI is InChI=1S/C48H100N4/c1-5-9-13-17-21-25-29-33-37-47-48(38-34-30-26-22-18-14-10-6-2,39-35-31-27-23-19-15-11-7-3)52(45-36-32-28-24-20-16-12-8-4)46-44-50-41-40-49-42-43-51-47/h47,49-51H,5-46H2,1-4H3. The van der Waals surface area contributed by atoms with Gasteiger partial charge in [-0.3, -0.25) is 4.90 Å². The van der Waals surface area contributed by atoms with Crippen molar-refractivity contribution in [1.82, 2.24) is 20.9 Å². The van der Waals surface area contributed by atoms with Crippen molar-refractivity contribution in [2.24, 2.45) is 0 Å². The Morgan fingerprint density at radius 2 is 0.731 bits per heavy atom. The average Bonchev–Trinajstić information content (AvgIpc) is 3.15. The van der Waals surface area contributed by atoms with Crippen LogP contribution in [0.25, 0.3) is 0 Å². The largest absolute Gasteiger partial charge is 0.314 e. The van der Waals surface area contributed by atoms with Crippen LogP contribution in [0.15, 0.2) is 0 Å². The highest BCUT2D eigenvalue weighted by atomic mass is 15.2. The minimum Gasteiger partial charge on any atom is -0.314 e. The van der Waals surface area contributed by atoms with Crippen molar-refractivity contribution in [2.45, 2.75) is 264 Å². The Balaban J connectivity index is 3.20. The van der Waals surface area contributed by atoms with E-state index >= 15 is 0 Å². The Labute approximate surface area is 329 Å². The lowest BCUT2D eigenvalue weighted by atomic mass is 9.75. The summed E-state index contributed by atoms with van der Waals surface area (Å²) in [6.07, 6.45) is 49.7. The molecule has 1 fully saturated rings. The molecule has 0 aromatic carbocycles. The van der Waals surface area contributed by atoms with Crippen LogP contribution in [-0.4, -0.2) is 62.3 Å². The molecule has 0 radical (unpaired) electrons. The van der Waals surface area contributed by atoms with E-state index in [0.717, 1.165) is 32.7 Å². The van der Waals surface area contributed by atoms with Crippen LogP contribution < -0.4 is 16.0 Å². The molecule has 1 rings (SSSR count). The van der Waals surface area contributed by atoms with Crippen LogP contribution in [0.3, 0.4) is 0 Å². The molecule has 3 N–H and O–H groups in total. The van der Waals surface area contributed by atoms with Gasteiger partial charge in [-0.15, -0.1) is 0 Å². The summed E-state index contributed by atoms with van der Waals surface area (Å²) >= 11 is 0. The first-order valence-electron chi connectivity index (χ1n) is 24.6. The lowest BCUT2D eigenvalue weighted by molar-refractivity contribution is 0.0225. The van der Waals surface area contributed by atoms with Crippen LogP contribution in [0.1, 0.15) is 252 Å². The molecule has 0 amide bonds. The highest BCUT2D eigenvalue weighted by Gasteiger charge is 2.42. The third-order valence-electron chi connectivity index (χ3n) is 12.6. The molecule has 1 aliphatic rings. The topological polar surface area (TPSA) is 39.3 Å². The SMILES string of the molecule is CCCCCCCCCCC1NCCNCCNCCN(CCCCCCCCCC)C1(CCCCCCCCCC)CCCCCCCCCC. The Morgan fingerprint density at radius 3 is 1.17 bits per heavy atom. The first kappa shape index (κ1) is 49.9. The zero-order valence-corrected chi connectivity index (χ0v) is 36.7. The van der Waals surface area contributed by atoms with Crippen molar-refractivity contribution < 1.29 is 0 Å². The van der Waals surface area contributed by atoms with E-state index < -0.39 is 0 Å². The Hall–Kier alpha value is -0.160. The number of unbranched alkanes of at least 4 members (excludes halogenated alkanes) is 28. The molecule has 1 unspecified atom stereocenters. The van der Waals surface area contributed by atoms with Gasteiger partial charge in [0.05, 0.1) is 0 Å². The van der Waals surface area contributed by atoms with E-state index in [1.54, 1.807) is 0 Å². The number of hydrogen-bond donors (Lipinski definition) is 3. The van der Waals surface area contributed by atoms with E-state index in [9.17, 15) is 0 Å². The summed E-state index contributed by atoms with van der Waals surface area (Å²) < 4.78 is 0. The van der Waals surface area contributed by atoms with Gasteiger partial charge in [0.15, 0.2) is 0 Å². The molecule has 0 aromatic rings. The van der Waals surface area contributed by atoms with Gasteiger partial charge in [-0.25, -0.2) is 0 Å². The number of hydrogen-bond acceptors (Lipinski definition) is 4. The monoisotopic (exact) mass is 733 g/mol. The predicted molar refractivity (Wildman–Crippen MR) is 236 cm³/mol. The molecule has 0 bridgehead atoms. The minimum atomic E-state index is 0.285. The van der Waals surface area contributed by atoms with Crippen LogP contribution in [0.2, 0.25) is 0 Å². The smallest absolute Gasteiger partial charge is 0.0363 e. The van der Waals surface area contributed by atoms with Crippen molar-refractivity contribution in [1.29, 1.82) is 0 Å². The van der Waals surface area contributed by atoms with Crippen molar-refractivity contribution >= 4 is 0 Å². The normalized spacial score (nSPS) is 17.7. The molecule has 4 heteroatoms. The second-order valence-corrected chi connectivity index (χ2v) is 17.3. The Kier molecular flexibility index (Phi) is 37.5. The summed E-state index contributed by atoms with van der Waals surface area (Å²) in [4.78, 5) is 3.12. The van der Waals surface area contributed by atoms with Gasteiger partial charge in [-0.05, 0) is 32.2 Å². The van der Waals surface area contributed by atoms with Crippen molar-refractivity contribution in [2.75, 3.05) is 45.8 Å². The van der Waals surface area contributed by atoms with Gasteiger partial charge in [0.1, 0.15) is 0 Å². The molecular weight excluding hydrogens is 633 g/mol. The van der Waals surface area contributed by atoms with E-state index in [1.807, 2.05) is 0 Å². The molecule has 1 heterocycles. The van der Waals surface area contributed by atoms with E-state index in [0.29, 0.717) is 6.04 Å². The molecule has 4 nitrogen and oxygen atoms in total. The summed E-state index contributed by atoms with van der Waals surface area (Å²) in [7, 11) is 0. The van der Waals surface area contributed by atoms with Gasteiger partial charge in [0.25, 0.3) is 0 Å². The fourth-order valence-corrected chi connectivity index (χ4v) is 9.15. The Morgan fingerprint density at radius 1 is 0.385 bits per heavy atom. The molecule has 0 aliphatic carbocycles. The van der Waals surface area contributed by atoms with E-state index in [1.165, 1.54) is 238 Å². The lowest BCUT2D eigenvalue weighted by Gasteiger charge is -2.51. The molecule has 1 saturated heterocycles. The van der Waals surface area contributed by atoms with Crippen LogP contribution >= 0.6 is 0 Å². The quantitative estimate of drug-likeness (QED) is 0.0561. The van der Waals surface area contributed by atoms with E-state index in [2.05, 4.69) is 48.5 Å². The van der Waals surface area contributed by atoms with E-state index in [-0.39, 0.29) is 5.54 Å². The molecule has 0 aromatic heterocycles. The first-order chi connectivity index (χ1) is 25.7. The number of nitrogens with one attached hydrogen (secondary N) is 3. The molecule has 52 heavy (non-hydrogen) atoms. The molecule has 0 spiro atoms.